The highest BCUT2D eigenvalue weighted by molar-refractivity contribution is 4.44. The lowest BCUT2D eigenvalue weighted by molar-refractivity contribution is 0.133. The summed E-state index contributed by atoms with van der Waals surface area (Å²) in [6, 6.07) is 0. The Morgan fingerprint density at radius 2 is 2.00 bits per heavy atom. The van der Waals surface area contributed by atoms with E-state index >= 15 is 0 Å². The van der Waals surface area contributed by atoms with Gasteiger partial charge in [-0.1, -0.05) is 6.92 Å². The van der Waals surface area contributed by atoms with E-state index in [0.29, 0.717) is 6.42 Å². The number of nitrogens with zero attached hydrogens (tertiary/aromatic N) is 1. The summed E-state index contributed by atoms with van der Waals surface area (Å²) in [7, 11) is 3.46. The van der Waals surface area contributed by atoms with Crippen molar-refractivity contribution in [3.63, 3.8) is 0 Å². The molecule has 2 heteroatoms. The molecule has 0 aliphatic carbocycles. The maximum atomic E-state index is 12.2. The van der Waals surface area contributed by atoms with Gasteiger partial charge in [-0.3, -0.25) is 4.90 Å². The molecule has 0 rings (SSSR count). The summed E-state index contributed by atoms with van der Waals surface area (Å²) in [4.78, 5) is 1.56. The van der Waals surface area contributed by atoms with Gasteiger partial charge in [-0.25, -0.2) is 4.39 Å². The van der Waals surface area contributed by atoms with E-state index in [2.05, 4.69) is 0 Å². The second kappa shape index (κ2) is 2.97. The minimum absolute atomic E-state index is 0.576. The van der Waals surface area contributed by atoms with E-state index in [1.807, 2.05) is 6.92 Å². The van der Waals surface area contributed by atoms with Crippen molar-refractivity contribution in [2.45, 2.75) is 19.6 Å². The van der Waals surface area contributed by atoms with Gasteiger partial charge in [0.2, 0.25) is 0 Å². The fourth-order valence-corrected chi connectivity index (χ4v) is 0.365. The molecule has 0 aromatic heterocycles. The van der Waals surface area contributed by atoms with E-state index in [0.717, 1.165) is 0 Å². The second-order valence-electron chi connectivity index (χ2n) is 1.81. The minimum Gasteiger partial charge on any atom is -0.280 e. The first-order valence-electron chi connectivity index (χ1n) is 2.49. The van der Waals surface area contributed by atoms with Crippen molar-refractivity contribution < 1.29 is 4.39 Å². The van der Waals surface area contributed by atoms with Crippen molar-refractivity contribution in [3.05, 3.63) is 0 Å². The van der Waals surface area contributed by atoms with Crippen LogP contribution in [0.1, 0.15) is 13.3 Å². The Balaban J connectivity index is 3.14. The van der Waals surface area contributed by atoms with Crippen LogP contribution in [-0.4, -0.2) is 25.3 Å². The van der Waals surface area contributed by atoms with E-state index in [9.17, 15) is 4.39 Å². The smallest absolute Gasteiger partial charge is 0.152 e. The number of hydrogen-bond donors (Lipinski definition) is 0. The van der Waals surface area contributed by atoms with Gasteiger partial charge in [-0.05, 0) is 20.5 Å². The molecule has 1 atom stereocenters. The van der Waals surface area contributed by atoms with Crippen molar-refractivity contribution in [2.24, 2.45) is 0 Å². The molecule has 0 aliphatic rings. The van der Waals surface area contributed by atoms with Crippen LogP contribution in [0.25, 0.3) is 0 Å². The van der Waals surface area contributed by atoms with Crippen LogP contribution in [0.15, 0.2) is 0 Å². The maximum absolute atomic E-state index is 12.2. The first-order valence-corrected chi connectivity index (χ1v) is 2.49. The van der Waals surface area contributed by atoms with Crippen LogP contribution in [0.2, 0.25) is 0 Å². The van der Waals surface area contributed by atoms with Gasteiger partial charge in [0.1, 0.15) is 0 Å². The zero-order valence-electron chi connectivity index (χ0n) is 5.11. The summed E-state index contributed by atoms with van der Waals surface area (Å²) in [5.41, 5.74) is 0. The second-order valence-corrected chi connectivity index (χ2v) is 1.81. The molecule has 1 nitrogen and oxygen atoms in total. The van der Waals surface area contributed by atoms with Gasteiger partial charge in [0.05, 0.1) is 0 Å². The van der Waals surface area contributed by atoms with Crippen molar-refractivity contribution in [2.75, 3.05) is 14.1 Å². The lowest BCUT2D eigenvalue weighted by Crippen LogP contribution is -2.21. The summed E-state index contributed by atoms with van der Waals surface area (Å²) >= 11 is 0. The largest absolute Gasteiger partial charge is 0.280 e. The van der Waals surface area contributed by atoms with Gasteiger partial charge in [-0.15, -0.1) is 0 Å². The Bertz CT molecular complexity index is 45.3. The number of rotatable bonds is 2. The molecule has 0 saturated heterocycles. The number of hydrogen-bond acceptors (Lipinski definition) is 1. The third kappa shape index (κ3) is 2.57. The molecule has 0 heterocycles. The Morgan fingerprint density at radius 3 is 2.00 bits per heavy atom. The molecular weight excluding hydrogens is 93.1 g/mol. The van der Waals surface area contributed by atoms with Crippen LogP contribution in [0, 0.1) is 0 Å². The van der Waals surface area contributed by atoms with Crippen LogP contribution in [-0.2, 0) is 0 Å². The van der Waals surface area contributed by atoms with E-state index in [1.54, 1.807) is 19.0 Å². The van der Waals surface area contributed by atoms with Crippen LogP contribution in [0.5, 0.6) is 0 Å². The molecule has 0 fully saturated rings. The van der Waals surface area contributed by atoms with Crippen molar-refractivity contribution in [3.8, 4) is 0 Å². The minimum atomic E-state index is -0.764. The van der Waals surface area contributed by atoms with Crippen LogP contribution in [0.4, 0.5) is 4.39 Å². The monoisotopic (exact) mass is 105 g/mol. The molecule has 0 saturated carbocycles. The van der Waals surface area contributed by atoms with E-state index < -0.39 is 6.30 Å². The first kappa shape index (κ1) is 6.89. The van der Waals surface area contributed by atoms with Crippen molar-refractivity contribution >= 4 is 0 Å². The third-order valence-corrected chi connectivity index (χ3v) is 0.897. The molecule has 0 aliphatic heterocycles. The normalized spacial score (nSPS) is 15.0. The molecule has 7 heavy (non-hydrogen) atoms. The summed E-state index contributed by atoms with van der Waals surface area (Å²) < 4.78 is 12.2. The Kier molecular flexibility index (Phi) is 2.92. The van der Waals surface area contributed by atoms with Gasteiger partial charge in [0, 0.05) is 0 Å². The van der Waals surface area contributed by atoms with Gasteiger partial charge < -0.3 is 0 Å². The molecule has 0 amide bonds. The summed E-state index contributed by atoms with van der Waals surface area (Å²) in [5, 5.41) is 0. The molecule has 44 valence electrons. The molecule has 1 unspecified atom stereocenters. The molecular formula is C5H12FN. The van der Waals surface area contributed by atoms with Crippen LogP contribution in [0.3, 0.4) is 0 Å². The first-order chi connectivity index (χ1) is 3.18. The average Bonchev–Trinajstić information content (AvgIpc) is 1.65. The fraction of sp³-hybridized carbons (Fsp3) is 1.00. The van der Waals surface area contributed by atoms with Gasteiger partial charge in [0.15, 0.2) is 6.30 Å². The summed E-state index contributed by atoms with van der Waals surface area (Å²) in [5.74, 6) is 0. The van der Waals surface area contributed by atoms with Crippen molar-refractivity contribution in [1.82, 2.24) is 4.90 Å². The summed E-state index contributed by atoms with van der Waals surface area (Å²) in [6.07, 6.45) is -0.188. The van der Waals surface area contributed by atoms with E-state index in [-0.39, 0.29) is 0 Å². The average molecular weight is 105 g/mol. The topological polar surface area (TPSA) is 3.24 Å². The van der Waals surface area contributed by atoms with Gasteiger partial charge >= 0.3 is 0 Å². The lowest BCUT2D eigenvalue weighted by atomic mass is 10.4. The number of halogens is 1. The molecule has 0 aromatic carbocycles. The standard InChI is InChI=1S/C5H12FN/c1-4-5(6)7(2)3/h5H,4H2,1-3H3. The SMILES string of the molecule is CCC(F)N(C)C. The van der Waals surface area contributed by atoms with Crippen LogP contribution >= 0.6 is 0 Å². The zero-order valence-corrected chi connectivity index (χ0v) is 5.11. The highest BCUT2D eigenvalue weighted by atomic mass is 19.1. The lowest BCUT2D eigenvalue weighted by Gasteiger charge is -2.12. The van der Waals surface area contributed by atoms with E-state index in [4.69, 9.17) is 0 Å². The molecule has 0 aromatic rings. The highest BCUT2D eigenvalue weighted by Crippen LogP contribution is 1.97. The Labute approximate surface area is 44.1 Å². The predicted octanol–water partition coefficient (Wildman–Crippen LogP) is 1.25. The zero-order chi connectivity index (χ0) is 5.86. The molecule has 0 spiro atoms. The molecule has 0 bridgehead atoms. The molecule has 0 N–H and O–H groups in total. The Hall–Kier alpha value is -0.110. The van der Waals surface area contributed by atoms with Gasteiger partial charge in [0.25, 0.3) is 0 Å². The third-order valence-electron chi connectivity index (χ3n) is 0.897. The highest BCUT2D eigenvalue weighted by Gasteiger charge is 2.02. The van der Waals surface area contributed by atoms with Crippen LogP contribution < -0.4 is 0 Å². The summed E-state index contributed by atoms with van der Waals surface area (Å²) in [6.45, 7) is 1.82. The maximum Gasteiger partial charge on any atom is 0.152 e. The predicted molar refractivity (Wildman–Crippen MR) is 28.9 cm³/mol. The number of alkyl halides is 1. The quantitative estimate of drug-likeness (QED) is 0.478. The van der Waals surface area contributed by atoms with Gasteiger partial charge in [-0.2, -0.15) is 0 Å². The molecule has 0 radical (unpaired) electrons. The van der Waals surface area contributed by atoms with E-state index in [1.165, 1.54) is 0 Å². The Morgan fingerprint density at radius 1 is 1.57 bits per heavy atom. The fourth-order valence-electron chi connectivity index (χ4n) is 0.365. The van der Waals surface area contributed by atoms with Crippen molar-refractivity contribution in [1.29, 1.82) is 0 Å².